The summed E-state index contributed by atoms with van der Waals surface area (Å²) in [5.41, 5.74) is 0.938. The average Bonchev–Trinajstić information content (AvgIpc) is 2.79. The number of carbonyl (C=O) groups excluding carboxylic acids is 1. The molecule has 0 saturated carbocycles. The van der Waals surface area contributed by atoms with Crippen molar-refractivity contribution in [1.29, 1.82) is 0 Å². The second-order valence-electron chi connectivity index (χ2n) is 5.10. The van der Waals surface area contributed by atoms with Gasteiger partial charge in [0.2, 0.25) is 11.8 Å². The second kappa shape index (κ2) is 8.05. The van der Waals surface area contributed by atoms with Crippen LogP contribution >= 0.6 is 11.9 Å². The molecule has 0 aromatic carbocycles. The number of allylic oxidation sites excluding steroid dienone is 4. The maximum absolute atomic E-state index is 11.9. The van der Waals surface area contributed by atoms with Gasteiger partial charge < -0.3 is 4.52 Å². The molecule has 0 saturated heterocycles. The maximum atomic E-state index is 11.9. The fraction of sp³-hybridized carbons (Fsp3) is 0.467. The summed E-state index contributed by atoms with van der Waals surface area (Å²) < 4.78 is 8.25. The predicted molar refractivity (Wildman–Crippen MR) is 86.1 cm³/mol. The smallest absolute Gasteiger partial charge is 0.234 e. The first kappa shape index (κ1) is 15.9. The number of hydrogen-bond acceptors (Lipinski definition) is 5. The van der Waals surface area contributed by atoms with Gasteiger partial charge in [-0.15, -0.1) is 0 Å². The van der Waals surface area contributed by atoms with Crippen LogP contribution in [0.3, 0.4) is 0 Å². The first-order chi connectivity index (χ1) is 10.2. The van der Waals surface area contributed by atoms with Crippen LogP contribution in [0.4, 0.5) is 5.88 Å². The molecule has 21 heavy (non-hydrogen) atoms. The van der Waals surface area contributed by atoms with Gasteiger partial charge in [-0.3, -0.25) is 14.8 Å². The molecule has 2 unspecified atom stereocenters. The van der Waals surface area contributed by atoms with Crippen LogP contribution in [0.15, 0.2) is 35.0 Å². The van der Waals surface area contributed by atoms with Crippen molar-refractivity contribution in [2.24, 2.45) is 5.92 Å². The zero-order chi connectivity index (χ0) is 15.1. The molecule has 2 rings (SSSR count). The third-order valence-electron chi connectivity index (χ3n) is 3.37. The van der Waals surface area contributed by atoms with Crippen molar-refractivity contribution in [3.63, 3.8) is 0 Å². The van der Waals surface area contributed by atoms with Crippen LogP contribution in [-0.4, -0.2) is 23.9 Å². The zero-order valence-electron chi connectivity index (χ0n) is 12.3. The van der Waals surface area contributed by atoms with E-state index < -0.39 is 0 Å². The van der Waals surface area contributed by atoms with Gasteiger partial charge in [0.25, 0.3) is 0 Å². The lowest BCUT2D eigenvalue weighted by molar-refractivity contribution is -0.116. The number of nitrogens with zero attached hydrogens (tertiary/aromatic N) is 1. The Balaban J connectivity index is 1.99. The molecule has 1 aromatic rings. The van der Waals surface area contributed by atoms with Crippen molar-refractivity contribution in [3.8, 4) is 0 Å². The van der Waals surface area contributed by atoms with Crippen molar-refractivity contribution < 1.29 is 9.32 Å². The van der Waals surface area contributed by atoms with Crippen LogP contribution in [0, 0.1) is 5.92 Å². The van der Waals surface area contributed by atoms with Crippen LogP contribution < -0.4 is 10.0 Å². The Labute approximate surface area is 129 Å². The number of nitrogens with one attached hydrogen (secondary N) is 2. The lowest BCUT2D eigenvalue weighted by Crippen LogP contribution is -2.18. The van der Waals surface area contributed by atoms with Gasteiger partial charge in [-0.1, -0.05) is 48.3 Å². The van der Waals surface area contributed by atoms with Gasteiger partial charge in [0.05, 0.1) is 6.20 Å². The summed E-state index contributed by atoms with van der Waals surface area (Å²) in [6, 6.07) is 0. The van der Waals surface area contributed by atoms with E-state index in [1.54, 1.807) is 6.20 Å². The molecule has 1 aromatic heterocycles. The van der Waals surface area contributed by atoms with E-state index in [9.17, 15) is 4.79 Å². The van der Waals surface area contributed by atoms with Gasteiger partial charge >= 0.3 is 0 Å². The monoisotopic (exact) mass is 307 g/mol. The SMILES string of the molecule is CSNCCC(=O)Nc1oncc1C1C=CC=CC(C)C1. The fourth-order valence-corrected chi connectivity index (χ4v) is 2.61. The number of hydrogen-bond donors (Lipinski definition) is 2. The Hall–Kier alpha value is -1.53. The van der Waals surface area contributed by atoms with Gasteiger partial charge in [-0.05, 0) is 18.6 Å². The van der Waals surface area contributed by atoms with E-state index in [0.29, 0.717) is 24.8 Å². The van der Waals surface area contributed by atoms with Crippen molar-refractivity contribution in [2.75, 3.05) is 18.1 Å². The molecule has 1 amide bonds. The highest BCUT2D eigenvalue weighted by Gasteiger charge is 2.20. The number of rotatable bonds is 6. The molecule has 0 bridgehead atoms. The van der Waals surface area contributed by atoms with Crippen molar-refractivity contribution >= 4 is 23.7 Å². The molecule has 0 spiro atoms. The minimum atomic E-state index is -0.0710. The Bertz CT molecular complexity index is 525. The van der Waals surface area contributed by atoms with Gasteiger partial charge in [0, 0.05) is 24.4 Å². The highest BCUT2D eigenvalue weighted by atomic mass is 32.2. The van der Waals surface area contributed by atoms with Gasteiger partial charge in [0.1, 0.15) is 0 Å². The van der Waals surface area contributed by atoms with Crippen molar-refractivity contribution in [2.45, 2.75) is 25.7 Å². The molecule has 1 aliphatic rings. The molecule has 1 heterocycles. The largest absolute Gasteiger partial charge is 0.338 e. The van der Waals surface area contributed by atoms with Gasteiger partial charge in [0.15, 0.2) is 0 Å². The first-order valence-electron chi connectivity index (χ1n) is 7.06. The highest BCUT2D eigenvalue weighted by molar-refractivity contribution is 7.96. The minimum Gasteiger partial charge on any atom is -0.338 e. The second-order valence-corrected chi connectivity index (χ2v) is 5.79. The summed E-state index contributed by atoms with van der Waals surface area (Å²) >= 11 is 1.50. The molecule has 0 fully saturated rings. The van der Waals surface area contributed by atoms with Crippen LogP contribution in [0.5, 0.6) is 0 Å². The Morgan fingerprint density at radius 2 is 2.29 bits per heavy atom. The molecule has 6 heteroatoms. The molecule has 5 nitrogen and oxygen atoms in total. The molecule has 0 aliphatic heterocycles. The van der Waals surface area contributed by atoms with Crippen LogP contribution in [0.1, 0.15) is 31.2 Å². The zero-order valence-corrected chi connectivity index (χ0v) is 13.2. The number of aromatic nitrogens is 1. The molecule has 0 radical (unpaired) electrons. The lowest BCUT2D eigenvalue weighted by atomic mass is 9.92. The third kappa shape index (κ3) is 4.75. The van der Waals surface area contributed by atoms with E-state index in [2.05, 4.69) is 40.3 Å². The summed E-state index contributed by atoms with van der Waals surface area (Å²) in [5, 5.41) is 6.65. The normalized spacial score (nSPS) is 21.2. The topological polar surface area (TPSA) is 67.2 Å². The van der Waals surface area contributed by atoms with E-state index in [-0.39, 0.29) is 11.8 Å². The molecular formula is C15H21N3O2S. The highest BCUT2D eigenvalue weighted by Crippen LogP contribution is 2.32. The standard InChI is InChI=1S/C15H21N3O2S/c1-11-5-3-4-6-12(9-11)13-10-16-20-15(13)18-14(19)7-8-17-21-2/h3-6,10-12,17H,7-9H2,1-2H3,(H,18,19). The first-order valence-corrected chi connectivity index (χ1v) is 8.28. The van der Waals surface area contributed by atoms with E-state index >= 15 is 0 Å². The van der Waals surface area contributed by atoms with Gasteiger partial charge in [-0.2, -0.15) is 0 Å². The van der Waals surface area contributed by atoms with Gasteiger partial charge in [-0.25, -0.2) is 0 Å². The molecule has 2 N–H and O–H groups in total. The number of anilines is 1. The lowest BCUT2D eigenvalue weighted by Gasteiger charge is -2.14. The van der Waals surface area contributed by atoms with Crippen molar-refractivity contribution in [3.05, 3.63) is 36.1 Å². The Kier molecular flexibility index (Phi) is 6.07. The summed E-state index contributed by atoms with van der Waals surface area (Å²) in [6.45, 7) is 2.80. The molecular weight excluding hydrogens is 286 g/mol. The fourth-order valence-electron chi connectivity index (χ4n) is 2.30. The third-order valence-corrected chi connectivity index (χ3v) is 3.86. The summed E-state index contributed by atoms with van der Waals surface area (Å²) in [4.78, 5) is 11.9. The van der Waals surface area contributed by atoms with Crippen LogP contribution in [0.2, 0.25) is 0 Å². The minimum absolute atomic E-state index is 0.0710. The van der Waals surface area contributed by atoms with E-state index in [1.165, 1.54) is 11.9 Å². The van der Waals surface area contributed by atoms with Crippen LogP contribution in [-0.2, 0) is 4.79 Å². The molecule has 1 aliphatic carbocycles. The number of amides is 1. The van der Waals surface area contributed by atoms with Crippen molar-refractivity contribution in [1.82, 2.24) is 9.88 Å². The van der Waals surface area contributed by atoms with E-state index in [1.807, 2.05) is 12.3 Å². The Morgan fingerprint density at radius 1 is 1.48 bits per heavy atom. The summed E-state index contributed by atoms with van der Waals surface area (Å²) in [7, 11) is 0. The average molecular weight is 307 g/mol. The quantitative estimate of drug-likeness (QED) is 0.624. The maximum Gasteiger partial charge on any atom is 0.234 e. The van der Waals surface area contributed by atoms with E-state index in [0.717, 1.165) is 12.0 Å². The van der Waals surface area contributed by atoms with Crippen LogP contribution in [0.25, 0.3) is 0 Å². The molecule has 114 valence electrons. The summed E-state index contributed by atoms with van der Waals surface area (Å²) in [6.07, 6.45) is 13.4. The Morgan fingerprint density at radius 3 is 3.10 bits per heavy atom. The summed E-state index contributed by atoms with van der Waals surface area (Å²) in [5.74, 6) is 1.08. The predicted octanol–water partition coefficient (Wildman–Crippen LogP) is 3.11. The number of carbonyl (C=O) groups is 1. The molecule has 2 atom stereocenters. The van der Waals surface area contributed by atoms with E-state index in [4.69, 9.17) is 4.52 Å².